The highest BCUT2D eigenvalue weighted by atomic mass is 19.1. The van der Waals surface area contributed by atoms with Gasteiger partial charge in [-0.1, -0.05) is 5.21 Å². The number of carbonyl (C=O) groups is 1. The Morgan fingerprint density at radius 3 is 2.94 bits per heavy atom. The van der Waals surface area contributed by atoms with E-state index in [4.69, 9.17) is 5.73 Å². The topological polar surface area (TPSA) is 85.8 Å². The quantitative estimate of drug-likeness (QED) is 0.753. The number of hydrogen-bond donors (Lipinski definition) is 2. The van der Waals surface area contributed by atoms with E-state index < -0.39 is 11.7 Å². The lowest BCUT2D eigenvalue weighted by molar-refractivity contribution is 0.102. The molecule has 0 radical (unpaired) electrons. The van der Waals surface area contributed by atoms with Crippen molar-refractivity contribution in [2.45, 2.75) is 0 Å². The van der Waals surface area contributed by atoms with Gasteiger partial charge in [-0.3, -0.25) is 9.48 Å². The van der Waals surface area contributed by atoms with E-state index >= 15 is 0 Å². The molecule has 0 saturated carbocycles. The highest BCUT2D eigenvalue weighted by Crippen LogP contribution is 2.19. The fourth-order valence-corrected chi connectivity index (χ4v) is 1.27. The summed E-state index contributed by atoms with van der Waals surface area (Å²) in [5.41, 5.74) is 6.22. The Labute approximate surface area is 96.2 Å². The van der Waals surface area contributed by atoms with Crippen molar-refractivity contribution >= 4 is 17.3 Å². The molecule has 0 unspecified atom stereocenters. The standard InChI is InChI=1S/C10H10FN5O/c1-16-5-9(14-15-16)10(17)13-8-4-6(11)2-3-7(8)12/h2-5H,12H2,1H3,(H,13,17). The smallest absolute Gasteiger partial charge is 0.277 e. The Kier molecular flexibility index (Phi) is 2.73. The summed E-state index contributed by atoms with van der Waals surface area (Å²) in [5.74, 6) is -0.968. The minimum absolute atomic E-state index is 0.135. The summed E-state index contributed by atoms with van der Waals surface area (Å²) < 4.78 is 14.4. The molecule has 6 nitrogen and oxygen atoms in total. The molecule has 1 aromatic heterocycles. The number of rotatable bonds is 2. The first-order valence-corrected chi connectivity index (χ1v) is 4.79. The molecule has 1 amide bonds. The lowest BCUT2D eigenvalue weighted by Gasteiger charge is -2.06. The zero-order valence-electron chi connectivity index (χ0n) is 9.01. The molecular weight excluding hydrogens is 225 g/mol. The van der Waals surface area contributed by atoms with Gasteiger partial charge in [0.2, 0.25) is 0 Å². The van der Waals surface area contributed by atoms with Crippen molar-refractivity contribution in [2.75, 3.05) is 11.1 Å². The number of nitrogen functional groups attached to an aromatic ring is 1. The van der Waals surface area contributed by atoms with Crippen molar-refractivity contribution in [3.05, 3.63) is 35.9 Å². The first kappa shape index (κ1) is 11.1. The van der Waals surface area contributed by atoms with E-state index in [0.717, 1.165) is 6.07 Å². The maximum atomic E-state index is 13.0. The zero-order valence-corrected chi connectivity index (χ0v) is 9.01. The highest BCUT2D eigenvalue weighted by molar-refractivity contribution is 6.04. The highest BCUT2D eigenvalue weighted by Gasteiger charge is 2.11. The molecular formula is C10H10FN5O. The lowest BCUT2D eigenvalue weighted by Crippen LogP contribution is -2.13. The third-order valence-electron chi connectivity index (χ3n) is 2.10. The van der Waals surface area contributed by atoms with Crippen LogP contribution in [0.1, 0.15) is 10.5 Å². The average molecular weight is 235 g/mol. The number of amides is 1. The van der Waals surface area contributed by atoms with Crippen LogP contribution in [0, 0.1) is 5.82 Å². The van der Waals surface area contributed by atoms with E-state index in [1.807, 2.05) is 0 Å². The molecule has 0 spiro atoms. The number of carbonyl (C=O) groups excluding carboxylic acids is 1. The normalized spacial score (nSPS) is 10.2. The third kappa shape index (κ3) is 2.39. The van der Waals surface area contributed by atoms with Gasteiger partial charge in [-0.25, -0.2) is 4.39 Å². The molecule has 1 aromatic carbocycles. The summed E-state index contributed by atoms with van der Waals surface area (Å²) in [4.78, 5) is 11.7. The average Bonchev–Trinajstić information content (AvgIpc) is 2.70. The number of nitrogens with one attached hydrogen (secondary N) is 1. The largest absolute Gasteiger partial charge is 0.397 e. The predicted molar refractivity (Wildman–Crippen MR) is 59.8 cm³/mol. The molecule has 0 fully saturated rings. The van der Waals surface area contributed by atoms with Gasteiger partial charge in [0, 0.05) is 7.05 Å². The van der Waals surface area contributed by atoms with E-state index in [9.17, 15) is 9.18 Å². The van der Waals surface area contributed by atoms with Crippen LogP contribution in [-0.2, 0) is 7.05 Å². The van der Waals surface area contributed by atoms with Crippen LogP contribution in [0.4, 0.5) is 15.8 Å². The molecule has 2 aromatic rings. The van der Waals surface area contributed by atoms with Gasteiger partial charge < -0.3 is 11.1 Å². The maximum Gasteiger partial charge on any atom is 0.277 e. The summed E-state index contributed by atoms with van der Waals surface area (Å²) in [6, 6.07) is 3.73. The van der Waals surface area contributed by atoms with Crippen LogP contribution in [0.2, 0.25) is 0 Å². The first-order chi connectivity index (χ1) is 8.06. The van der Waals surface area contributed by atoms with Crippen LogP contribution >= 0.6 is 0 Å². The van der Waals surface area contributed by atoms with Gasteiger partial charge in [-0.15, -0.1) is 5.10 Å². The number of aromatic nitrogens is 3. The lowest BCUT2D eigenvalue weighted by atomic mass is 10.2. The van der Waals surface area contributed by atoms with Crippen molar-refractivity contribution in [2.24, 2.45) is 7.05 Å². The van der Waals surface area contributed by atoms with E-state index in [2.05, 4.69) is 15.6 Å². The molecule has 0 atom stereocenters. The SMILES string of the molecule is Cn1cc(C(=O)Nc2cc(F)ccc2N)nn1. The summed E-state index contributed by atoms with van der Waals surface area (Å²) >= 11 is 0. The van der Waals surface area contributed by atoms with Gasteiger partial charge in [0.1, 0.15) is 5.82 Å². The second kappa shape index (κ2) is 4.20. The molecule has 0 aliphatic carbocycles. The molecule has 0 aliphatic heterocycles. The van der Waals surface area contributed by atoms with Crippen molar-refractivity contribution in [3.8, 4) is 0 Å². The Balaban J connectivity index is 2.21. The van der Waals surface area contributed by atoms with Crippen molar-refractivity contribution in [1.29, 1.82) is 0 Å². The Bertz CT molecular complexity index is 566. The minimum Gasteiger partial charge on any atom is -0.397 e. The number of nitrogens with zero attached hydrogens (tertiary/aromatic N) is 3. The van der Waals surface area contributed by atoms with Crippen molar-refractivity contribution in [3.63, 3.8) is 0 Å². The Hall–Kier alpha value is -2.44. The molecule has 0 bridgehead atoms. The second-order valence-corrected chi connectivity index (χ2v) is 3.46. The molecule has 3 N–H and O–H groups in total. The zero-order chi connectivity index (χ0) is 12.4. The molecule has 0 saturated heterocycles. The molecule has 2 rings (SSSR count). The van der Waals surface area contributed by atoms with Crippen LogP contribution in [0.25, 0.3) is 0 Å². The summed E-state index contributed by atoms with van der Waals surface area (Å²) in [6.45, 7) is 0. The fourth-order valence-electron chi connectivity index (χ4n) is 1.27. The number of aryl methyl sites for hydroxylation is 1. The van der Waals surface area contributed by atoms with Crippen LogP contribution in [0.15, 0.2) is 24.4 Å². The summed E-state index contributed by atoms with van der Waals surface area (Å²) in [6.07, 6.45) is 1.45. The van der Waals surface area contributed by atoms with Crippen LogP contribution < -0.4 is 11.1 Å². The van der Waals surface area contributed by atoms with Gasteiger partial charge in [0.05, 0.1) is 17.6 Å². The number of hydrogen-bond acceptors (Lipinski definition) is 4. The predicted octanol–water partition coefficient (Wildman–Crippen LogP) is 0.789. The molecule has 17 heavy (non-hydrogen) atoms. The van der Waals surface area contributed by atoms with Gasteiger partial charge in [-0.2, -0.15) is 0 Å². The summed E-state index contributed by atoms with van der Waals surface area (Å²) in [7, 11) is 1.64. The summed E-state index contributed by atoms with van der Waals surface area (Å²) in [5, 5.41) is 9.71. The maximum absolute atomic E-state index is 13.0. The number of benzene rings is 1. The van der Waals surface area contributed by atoms with Gasteiger partial charge in [-0.05, 0) is 18.2 Å². The van der Waals surface area contributed by atoms with Crippen LogP contribution in [0.3, 0.4) is 0 Å². The molecule has 7 heteroatoms. The van der Waals surface area contributed by atoms with Crippen LogP contribution in [0.5, 0.6) is 0 Å². The van der Waals surface area contributed by atoms with E-state index in [0.29, 0.717) is 0 Å². The van der Waals surface area contributed by atoms with Crippen LogP contribution in [-0.4, -0.2) is 20.9 Å². The van der Waals surface area contributed by atoms with Crippen molar-refractivity contribution in [1.82, 2.24) is 15.0 Å². The Morgan fingerprint density at radius 2 is 2.29 bits per heavy atom. The monoisotopic (exact) mass is 235 g/mol. The van der Waals surface area contributed by atoms with Gasteiger partial charge in [0.25, 0.3) is 5.91 Å². The van der Waals surface area contributed by atoms with Gasteiger partial charge >= 0.3 is 0 Å². The van der Waals surface area contributed by atoms with Crippen molar-refractivity contribution < 1.29 is 9.18 Å². The second-order valence-electron chi connectivity index (χ2n) is 3.46. The van der Waals surface area contributed by atoms with E-state index in [1.165, 1.54) is 23.0 Å². The number of halogens is 1. The fraction of sp³-hybridized carbons (Fsp3) is 0.100. The number of anilines is 2. The number of nitrogens with two attached hydrogens (primary N) is 1. The molecule has 88 valence electrons. The first-order valence-electron chi connectivity index (χ1n) is 4.79. The Morgan fingerprint density at radius 1 is 1.53 bits per heavy atom. The van der Waals surface area contributed by atoms with Gasteiger partial charge in [0.15, 0.2) is 5.69 Å². The third-order valence-corrected chi connectivity index (χ3v) is 2.10. The molecule has 0 aliphatic rings. The van der Waals surface area contributed by atoms with E-state index in [1.54, 1.807) is 7.05 Å². The molecule has 1 heterocycles. The minimum atomic E-state index is -0.490. The van der Waals surface area contributed by atoms with E-state index in [-0.39, 0.29) is 17.1 Å².